The van der Waals surface area contributed by atoms with Crippen LogP contribution in [0.1, 0.15) is 39.8 Å². The van der Waals surface area contributed by atoms with Gasteiger partial charge in [-0.15, -0.1) is 0 Å². The van der Waals surface area contributed by atoms with Gasteiger partial charge in [-0.1, -0.05) is 6.07 Å². The maximum atomic E-state index is 12.9. The summed E-state index contributed by atoms with van der Waals surface area (Å²) >= 11 is 0. The number of carbonyl (C=O) groups is 4. The van der Waals surface area contributed by atoms with Crippen molar-refractivity contribution in [3.8, 4) is 17.4 Å². The fraction of sp³-hybridized carbons (Fsp3) is 0.174. The van der Waals surface area contributed by atoms with Crippen molar-refractivity contribution in [2.75, 3.05) is 13.2 Å². The van der Waals surface area contributed by atoms with E-state index in [0.29, 0.717) is 17.1 Å². The van der Waals surface area contributed by atoms with E-state index < -0.39 is 23.6 Å². The van der Waals surface area contributed by atoms with E-state index in [-0.39, 0.29) is 47.4 Å². The van der Waals surface area contributed by atoms with Gasteiger partial charge in [0.1, 0.15) is 23.2 Å². The summed E-state index contributed by atoms with van der Waals surface area (Å²) in [6.07, 6.45) is 1.64. The maximum Gasteiger partial charge on any atom is 0.271 e. The van der Waals surface area contributed by atoms with Gasteiger partial charge in [0.15, 0.2) is 0 Å². The second-order valence-corrected chi connectivity index (χ2v) is 7.25. The van der Waals surface area contributed by atoms with Gasteiger partial charge in [-0.3, -0.25) is 29.4 Å². The summed E-state index contributed by atoms with van der Waals surface area (Å²) in [5.74, 6) is -1.49. The lowest BCUT2D eigenvalue weighted by Crippen LogP contribution is -2.43. The number of nitriles is 1. The smallest absolute Gasteiger partial charge is 0.271 e. The molecule has 1 aromatic heterocycles. The molecule has 0 fully saturated rings. The van der Waals surface area contributed by atoms with Crippen molar-refractivity contribution in [3.05, 3.63) is 63.9 Å². The molecule has 9 heteroatoms. The highest BCUT2D eigenvalue weighted by molar-refractivity contribution is 6.22. The third-order valence-corrected chi connectivity index (χ3v) is 5.30. The van der Waals surface area contributed by atoms with Gasteiger partial charge in [0, 0.05) is 24.3 Å². The van der Waals surface area contributed by atoms with E-state index in [0.717, 1.165) is 4.90 Å². The fourth-order valence-corrected chi connectivity index (χ4v) is 3.61. The number of benzene rings is 1. The van der Waals surface area contributed by atoms with Gasteiger partial charge in [0.2, 0.25) is 0 Å². The Morgan fingerprint density at radius 3 is 2.56 bits per heavy atom. The van der Waals surface area contributed by atoms with Crippen LogP contribution < -0.4 is 5.32 Å². The van der Waals surface area contributed by atoms with Crippen LogP contribution in [-0.2, 0) is 9.59 Å². The number of hydrogen-bond donors (Lipinski definition) is 2. The van der Waals surface area contributed by atoms with Gasteiger partial charge in [0.05, 0.1) is 11.1 Å². The zero-order valence-electron chi connectivity index (χ0n) is 17.0. The molecule has 0 saturated carbocycles. The number of aliphatic hydroxyl groups is 1. The number of fused-ring (bicyclic) bond motifs is 1. The van der Waals surface area contributed by atoms with Crippen LogP contribution in [0.25, 0.3) is 17.4 Å². The van der Waals surface area contributed by atoms with Crippen molar-refractivity contribution in [1.29, 1.82) is 5.26 Å². The van der Waals surface area contributed by atoms with Gasteiger partial charge in [0.25, 0.3) is 23.6 Å². The van der Waals surface area contributed by atoms with E-state index in [2.05, 4.69) is 5.32 Å². The maximum absolute atomic E-state index is 12.9. The Kier molecular flexibility index (Phi) is 5.30. The van der Waals surface area contributed by atoms with E-state index in [1.54, 1.807) is 24.3 Å². The van der Waals surface area contributed by atoms with Gasteiger partial charge in [-0.2, -0.15) is 5.26 Å². The van der Waals surface area contributed by atoms with Crippen LogP contribution in [0.4, 0.5) is 0 Å². The van der Waals surface area contributed by atoms with Crippen molar-refractivity contribution < 1.29 is 28.7 Å². The van der Waals surface area contributed by atoms with Crippen LogP contribution in [0, 0.1) is 11.3 Å². The number of amides is 4. The first-order chi connectivity index (χ1) is 15.3. The van der Waals surface area contributed by atoms with E-state index in [9.17, 15) is 24.4 Å². The SMILES string of the molecule is CC1=C(C#N)C(=O)N(CCCO)C(=O)/C1=C/c1ccc(-c2ccc3c(c2)C(=O)NC3=O)o1. The molecule has 3 heterocycles. The molecule has 4 amide bonds. The monoisotopic (exact) mass is 431 g/mol. The summed E-state index contributed by atoms with van der Waals surface area (Å²) in [7, 11) is 0. The Morgan fingerprint density at radius 2 is 1.84 bits per heavy atom. The second-order valence-electron chi connectivity index (χ2n) is 7.25. The molecular weight excluding hydrogens is 414 g/mol. The van der Waals surface area contributed by atoms with Crippen molar-refractivity contribution in [2.24, 2.45) is 0 Å². The minimum Gasteiger partial charge on any atom is -0.457 e. The summed E-state index contributed by atoms with van der Waals surface area (Å²) in [5, 5.41) is 20.7. The molecule has 0 atom stereocenters. The highest BCUT2D eigenvalue weighted by Gasteiger charge is 2.35. The Hall–Kier alpha value is -4.29. The van der Waals surface area contributed by atoms with Crippen LogP contribution in [0.15, 0.2) is 51.5 Å². The van der Waals surface area contributed by atoms with Gasteiger partial charge >= 0.3 is 0 Å². The lowest BCUT2D eigenvalue weighted by atomic mass is 9.94. The second kappa shape index (κ2) is 8.09. The Labute approximate surface area is 182 Å². The first kappa shape index (κ1) is 21.0. The van der Waals surface area contributed by atoms with Gasteiger partial charge < -0.3 is 9.52 Å². The van der Waals surface area contributed by atoms with Crippen LogP contribution in [0.5, 0.6) is 0 Å². The molecule has 160 valence electrons. The standard InChI is InChI=1S/C23H17N3O6/c1-12-16(22(30)26(7-2-8-27)23(31)18(12)11-24)10-14-4-6-19(32-14)13-3-5-15-17(9-13)21(29)25-20(15)28/h3-6,9-10,27H,2,7-8H2,1H3,(H,25,28,29)/b16-10+. The number of hydrogen-bond acceptors (Lipinski definition) is 7. The summed E-state index contributed by atoms with van der Waals surface area (Å²) in [6.45, 7) is 1.31. The molecule has 0 radical (unpaired) electrons. The predicted octanol–water partition coefficient (Wildman–Crippen LogP) is 1.80. The molecule has 0 aliphatic carbocycles. The number of carbonyl (C=O) groups excluding carboxylic acids is 4. The number of imide groups is 2. The van der Waals surface area contributed by atoms with Gasteiger partial charge in [-0.05, 0) is 49.3 Å². The van der Waals surface area contributed by atoms with E-state index in [4.69, 9.17) is 9.52 Å². The molecule has 0 unspecified atom stereocenters. The average Bonchev–Trinajstić information content (AvgIpc) is 3.35. The Balaban J connectivity index is 1.70. The number of nitrogens with zero attached hydrogens (tertiary/aromatic N) is 2. The van der Waals surface area contributed by atoms with Crippen molar-refractivity contribution in [1.82, 2.24) is 10.2 Å². The first-order valence-electron chi connectivity index (χ1n) is 9.75. The predicted molar refractivity (Wildman–Crippen MR) is 111 cm³/mol. The minimum absolute atomic E-state index is 0.0106. The van der Waals surface area contributed by atoms with Gasteiger partial charge in [-0.25, -0.2) is 0 Å². The topological polar surface area (TPSA) is 141 Å². The lowest BCUT2D eigenvalue weighted by Gasteiger charge is -2.27. The highest BCUT2D eigenvalue weighted by atomic mass is 16.3. The summed E-state index contributed by atoms with van der Waals surface area (Å²) in [6, 6.07) is 9.83. The molecule has 2 aliphatic rings. The largest absolute Gasteiger partial charge is 0.457 e. The molecular formula is C23H17N3O6. The first-order valence-corrected chi connectivity index (χ1v) is 9.75. The number of rotatable bonds is 5. The normalized spacial score (nSPS) is 17.2. The molecule has 0 spiro atoms. The molecule has 0 saturated heterocycles. The zero-order valence-corrected chi connectivity index (χ0v) is 17.0. The summed E-state index contributed by atoms with van der Waals surface area (Å²) in [5.41, 5.74) is 1.35. The van der Waals surface area contributed by atoms with Crippen molar-refractivity contribution in [3.63, 3.8) is 0 Å². The minimum atomic E-state index is -0.688. The number of aliphatic hydroxyl groups excluding tert-OH is 1. The van der Waals surface area contributed by atoms with Crippen molar-refractivity contribution in [2.45, 2.75) is 13.3 Å². The van der Waals surface area contributed by atoms with Crippen LogP contribution >= 0.6 is 0 Å². The fourth-order valence-electron chi connectivity index (χ4n) is 3.61. The molecule has 1 aromatic carbocycles. The third kappa shape index (κ3) is 3.42. The van der Waals surface area contributed by atoms with Crippen LogP contribution in [0.2, 0.25) is 0 Å². The molecule has 32 heavy (non-hydrogen) atoms. The Bertz CT molecular complexity index is 1290. The zero-order chi connectivity index (χ0) is 23.0. The molecule has 4 rings (SSSR count). The van der Waals surface area contributed by atoms with Crippen LogP contribution in [0.3, 0.4) is 0 Å². The molecule has 0 bridgehead atoms. The lowest BCUT2D eigenvalue weighted by molar-refractivity contribution is -0.140. The van der Waals surface area contributed by atoms with E-state index in [1.807, 2.05) is 6.07 Å². The van der Waals surface area contributed by atoms with E-state index in [1.165, 1.54) is 19.1 Å². The number of nitrogens with one attached hydrogen (secondary N) is 1. The van der Waals surface area contributed by atoms with Crippen LogP contribution in [-0.4, -0.2) is 46.8 Å². The quantitative estimate of drug-likeness (QED) is 0.543. The number of furan rings is 1. The van der Waals surface area contributed by atoms with Crippen molar-refractivity contribution >= 4 is 29.7 Å². The third-order valence-electron chi connectivity index (χ3n) is 5.30. The molecule has 2 aliphatic heterocycles. The summed E-state index contributed by atoms with van der Waals surface area (Å²) < 4.78 is 5.81. The molecule has 2 aromatic rings. The molecule has 9 nitrogen and oxygen atoms in total. The van der Waals surface area contributed by atoms with E-state index >= 15 is 0 Å². The molecule has 2 N–H and O–H groups in total. The average molecular weight is 431 g/mol. The summed E-state index contributed by atoms with van der Waals surface area (Å²) in [4.78, 5) is 49.9. The Morgan fingerprint density at radius 1 is 1.09 bits per heavy atom. The highest BCUT2D eigenvalue weighted by Crippen LogP contribution is 2.30.